The number of thioether (sulfide) groups is 1. The number of primary amides is 1. The average Bonchev–Trinajstić information content (AvgIpc) is 3.16. The van der Waals surface area contributed by atoms with Crippen LogP contribution in [0.5, 0.6) is 0 Å². The van der Waals surface area contributed by atoms with Crippen LogP contribution in [-0.2, 0) is 0 Å². The molecule has 0 bridgehead atoms. The number of hydrogen-bond donors (Lipinski definition) is 2. The Kier molecular flexibility index (Phi) is 5.04. The predicted octanol–water partition coefficient (Wildman–Crippen LogP) is 3.12. The van der Waals surface area contributed by atoms with Crippen molar-refractivity contribution >= 4 is 29.3 Å². The van der Waals surface area contributed by atoms with Gasteiger partial charge in [0.25, 0.3) is 5.91 Å². The van der Waals surface area contributed by atoms with Crippen molar-refractivity contribution in [1.82, 2.24) is 9.97 Å². The second-order valence-electron chi connectivity index (χ2n) is 5.39. The Labute approximate surface area is 154 Å². The molecule has 26 heavy (non-hydrogen) atoms. The first-order chi connectivity index (χ1) is 12.5. The van der Waals surface area contributed by atoms with E-state index in [1.54, 1.807) is 49.6 Å². The van der Waals surface area contributed by atoms with Crippen LogP contribution in [0.3, 0.4) is 0 Å². The number of benzene rings is 1. The molecule has 0 unspecified atom stereocenters. The highest BCUT2D eigenvalue weighted by Crippen LogP contribution is 2.26. The SMILES string of the molecule is CSc1nc(-c2ccco2)nc(C)c1C(=O)Nc1ccc(C(N)=O)cc1. The summed E-state index contributed by atoms with van der Waals surface area (Å²) >= 11 is 1.35. The van der Waals surface area contributed by atoms with Gasteiger partial charge in [-0.25, -0.2) is 9.97 Å². The lowest BCUT2D eigenvalue weighted by molar-refractivity contribution is 0.0997. The number of aryl methyl sites for hydroxylation is 1. The minimum absolute atomic E-state index is 0.329. The van der Waals surface area contributed by atoms with Crippen molar-refractivity contribution in [1.29, 1.82) is 0 Å². The first kappa shape index (κ1) is 17.7. The van der Waals surface area contributed by atoms with Gasteiger partial charge in [-0.2, -0.15) is 0 Å². The normalized spacial score (nSPS) is 10.5. The van der Waals surface area contributed by atoms with Crippen molar-refractivity contribution < 1.29 is 14.0 Å². The Bertz CT molecular complexity index is 953. The number of carbonyl (C=O) groups excluding carboxylic acids is 2. The summed E-state index contributed by atoms with van der Waals surface area (Å²) in [6.45, 7) is 1.75. The van der Waals surface area contributed by atoms with Gasteiger partial charge in [-0.15, -0.1) is 11.8 Å². The highest BCUT2D eigenvalue weighted by atomic mass is 32.2. The molecule has 2 amide bonds. The molecule has 0 radical (unpaired) electrons. The molecule has 8 heteroatoms. The molecule has 0 atom stereocenters. The van der Waals surface area contributed by atoms with Gasteiger partial charge in [0.05, 0.1) is 17.5 Å². The Morgan fingerprint density at radius 3 is 2.46 bits per heavy atom. The lowest BCUT2D eigenvalue weighted by Crippen LogP contribution is -2.17. The molecule has 0 fully saturated rings. The molecule has 0 aliphatic rings. The minimum Gasteiger partial charge on any atom is -0.461 e. The fourth-order valence-electron chi connectivity index (χ4n) is 2.38. The number of anilines is 1. The van der Waals surface area contributed by atoms with Gasteiger partial charge in [0, 0.05) is 11.3 Å². The molecule has 3 N–H and O–H groups in total. The van der Waals surface area contributed by atoms with Crippen LogP contribution in [0.25, 0.3) is 11.6 Å². The largest absolute Gasteiger partial charge is 0.461 e. The summed E-state index contributed by atoms with van der Waals surface area (Å²) in [6.07, 6.45) is 3.38. The summed E-state index contributed by atoms with van der Waals surface area (Å²) in [5.74, 6) is 0.117. The van der Waals surface area contributed by atoms with Crippen LogP contribution in [0, 0.1) is 6.92 Å². The zero-order valence-corrected chi connectivity index (χ0v) is 15.0. The van der Waals surface area contributed by atoms with Gasteiger partial charge in [0.2, 0.25) is 5.91 Å². The molecule has 3 aromatic rings. The maximum atomic E-state index is 12.7. The summed E-state index contributed by atoms with van der Waals surface area (Å²) in [6, 6.07) is 9.85. The van der Waals surface area contributed by atoms with Crippen LogP contribution in [0.4, 0.5) is 5.69 Å². The molecule has 0 saturated heterocycles. The van der Waals surface area contributed by atoms with E-state index in [1.807, 2.05) is 6.26 Å². The maximum Gasteiger partial charge on any atom is 0.260 e. The molecule has 0 aliphatic carbocycles. The monoisotopic (exact) mass is 368 g/mol. The number of nitrogens with one attached hydrogen (secondary N) is 1. The predicted molar refractivity (Wildman–Crippen MR) is 99.2 cm³/mol. The fourth-order valence-corrected chi connectivity index (χ4v) is 3.01. The van der Waals surface area contributed by atoms with Gasteiger partial charge in [-0.1, -0.05) is 0 Å². The summed E-state index contributed by atoms with van der Waals surface area (Å²) in [7, 11) is 0. The second-order valence-corrected chi connectivity index (χ2v) is 6.18. The number of rotatable bonds is 5. The smallest absolute Gasteiger partial charge is 0.260 e. The summed E-state index contributed by atoms with van der Waals surface area (Å²) in [5.41, 5.74) is 7.07. The van der Waals surface area contributed by atoms with Crippen molar-refractivity contribution in [3.05, 3.63) is 59.5 Å². The van der Waals surface area contributed by atoms with Crippen molar-refractivity contribution in [2.24, 2.45) is 5.73 Å². The van der Waals surface area contributed by atoms with Crippen LogP contribution in [0.2, 0.25) is 0 Å². The second kappa shape index (κ2) is 7.40. The van der Waals surface area contributed by atoms with Crippen LogP contribution in [0.1, 0.15) is 26.4 Å². The van der Waals surface area contributed by atoms with E-state index < -0.39 is 5.91 Å². The lowest BCUT2D eigenvalue weighted by atomic mass is 10.2. The van der Waals surface area contributed by atoms with Crippen LogP contribution in [-0.4, -0.2) is 28.0 Å². The standard InChI is InChI=1S/C18H16N4O3S/c1-10-14(17(24)21-12-7-5-11(6-8-12)15(19)23)18(26-2)22-16(20-10)13-4-3-9-25-13/h3-9H,1-2H3,(H2,19,23)(H,21,24). The molecule has 7 nitrogen and oxygen atoms in total. The van der Waals surface area contributed by atoms with Gasteiger partial charge >= 0.3 is 0 Å². The molecule has 3 rings (SSSR count). The third kappa shape index (κ3) is 3.60. The highest BCUT2D eigenvalue weighted by Gasteiger charge is 2.20. The van der Waals surface area contributed by atoms with E-state index in [2.05, 4.69) is 15.3 Å². The lowest BCUT2D eigenvalue weighted by Gasteiger charge is -2.12. The number of hydrogen-bond acceptors (Lipinski definition) is 6. The minimum atomic E-state index is -0.523. The van der Waals surface area contributed by atoms with Crippen LogP contribution in [0.15, 0.2) is 52.1 Å². The zero-order chi connectivity index (χ0) is 18.7. The number of nitrogens with two attached hydrogens (primary N) is 1. The Balaban J connectivity index is 1.90. The van der Waals surface area contributed by atoms with Gasteiger partial charge in [-0.05, 0) is 49.6 Å². The van der Waals surface area contributed by atoms with Crippen molar-refractivity contribution in [2.45, 2.75) is 11.9 Å². The van der Waals surface area contributed by atoms with Crippen molar-refractivity contribution in [2.75, 3.05) is 11.6 Å². The maximum absolute atomic E-state index is 12.7. The van der Waals surface area contributed by atoms with E-state index >= 15 is 0 Å². The van der Waals surface area contributed by atoms with Gasteiger partial charge in [0.1, 0.15) is 5.03 Å². The molecular weight excluding hydrogens is 352 g/mol. The third-order valence-electron chi connectivity index (χ3n) is 3.65. The average molecular weight is 368 g/mol. The summed E-state index contributed by atoms with van der Waals surface area (Å²) in [4.78, 5) is 32.6. The quantitative estimate of drug-likeness (QED) is 0.529. The first-order valence-electron chi connectivity index (χ1n) is 7.67. The van der Waals surface area contributed by atoms with Gasteiger partial charge in [-0.3, -0.25) is 9.59 Å². The Hall–Kier alpha value is -3.13. The molecule has 0 aliphatic heterocycles. The molecule has 1 aromatic carbocycles. The number of carbonyl (C=O) groups is 2. The van der Waals surface area contributed by atoms with Gasteiger partial charge in [0.15, 0.2) is 11.6 Å². The molecule has 2 aromatic heterocycles. The molecule has 132 valence electrons. The number of nitrogens with zero attached hydrogens (tertiary/aromatic N) is 2. The number of amides is 2. The number of aromatic nitrogens is 2. The molecular formula is C18H16N4O3S. The fraction of sp³-hybridized carbons (Fsp3) is 0.111. The van der Waals surface area contributed by atoms with E-state index in [0.29, 0.717) is 39.1 Å². The van der Waals surface area contributed by atoms with Crippen molar-refractivity contribution in [3.8, 4) is 11.6 Å². The van der Waals surface area contributed by atoms with Crippen molar-refractivity contribution in [3.63, 3.8) is 0 Å². The van der Waals surface area contributed by atoms with E-state index in [-0.39, 0.29) is 5.91 Å². The van der Waals surface area contributed by atoms with E-state index in [9.17, 15) is 9.59 Å². The molecule has 2 heterocycles. The highest BCUT2D eigenvalue weighted by molar-refractivity contribution is 7.98. The first-order valence-corrected chi connectivity index (χ1v) is 8.90. The summed E-state index contributed by atoms with van der Waals surface area (Å²) in [5, 5.41) is 3.34. The topological polar surface area (TPSA) is 111 Å². The van der Waals surface area contributed by atoms with E-state index in [0.717, 1.165) is 0 Å². The third-order valence-corrected chi connectivity index (χ3v) is 4.33. The zero-order valence-electron chi connectivity index (χ0n) is 14.1. The van der Waals surface area contributed by atoms with E-state index in [4.69, 9.17) is 10.2 Å². The molecule has 0 saturated carbocycles. The van der Waals surface area contributed by atoms with Crippen LogP contribution >= 0.6 is 11.8 Å². The van der Waals surface area contributed by atoms with Gasteiger partial charge < -0.3 is 15.5 Å². The Morgan fingerprint density at radius 1 is 1.15 bits per heavy atom. The Morgan fingerprint density at radius 2 is 1.88 bits per heavy atom. The molecule has 0 spiro atoms. The van der Waals surface area contributed by atoms with E-state index in [1.165, 1.54) is 11.8 Å². The summed E-state index contributed by atoms with van der Waals surface area (Å²) < 4.78 is 5.33. The van der Waals surface area contributed by atoms with Crippen LogP contribution < -0.4 is 11.1 Å². The number of furan rings is 1.